The molecule has 2 rings (SSSR count). The predicted molar refractivity (Wildman–Crippen MR) is 76.8 cm³/mol. The van der Waals surface area contributed by atoms with E-state index in [0.29, 0.717) is 0 Å². The van der Waals surface area contributed by atoms with Gasteiger partial charge in [0.15, 0.2) is 0 Å². The molecule has 1 fully saturated rings. The van der Waals surface area contributed by atoms with E-state index >= 15 is 0 Å². The maximum absolute atomic E-state index is 4.38. The first-order valence-corrected chi connectivity index (χ1v) is 8.01. The van der Waals surface area contributed by atoms with Gasteiger partial charge in [0.25, 0.3) is 0 Å². The molecule has 0 bridgehead atoms. The van der Waals surface area contributed by atoms with Crippen molar-refractivity contribution in [2.24, 2.45) is 0 Å². The molecule has 88 valence electrons. The van der Waals surface area contributed by atoms with Gasteiger partial charge in [0.1, 0.15) is 0 Å². The molecular weight excluding hydrogens is 352 g/mol. The first-order valence-electron chi connectivity index (χ1n) is 5.38. The number of rotatable bonds is 4. The van der Waals surface area contributed by atoms with Crippen LogP contribution in [0, 0.1) is 0 Å². The van der Waals surface area contributed by atoms with Crippen molar-refractivity contribution < 1.29 is 0 Å². The molecular formula is C11H14Br2N2S. The number of hydrogen-bond donors (Lipinski definition) is 1. The smallest absolute Gasteiger partial charge is 0.0684 e. The maximum Gasteiger partial charge on any atom is 0.0684 e. The second kappa shape index (κ2) is 6.38. The average molecular weight is 366 g/mol. The van der Waals surface area contributed by atoms with E-state index in [9.17, 15) is 0 Å². The monoisotopic (exact) mass is 364 g/mol. The van der Waals surface area contributed by atoms with Crippen molar-refractivity contribution in [3.8, 4) is 0 Å². The van der Waals surface area contributed by atoms with Crippen LogP contribution in [0.2, 0.25) is 0 Å². The Morgan fingerprint density at radius 2 is 2.38 bits per heavy atom. The fourth-order valence-corrected chi connectivity index (χ4v) is 4.09. The van der Waals surface area contributed by atoms with Gasteiger partial charge in [0, 0.05) is 33.5 Å². The molecule has 1 unspecified atom stereocenters. The van der Waals surface area contributed by atoms with Gasteiger partial charge in [-0.2, -0.15) is 11.8 Å². The van der Waals surface area contributed by atoms with Gasteiger partial charge in [0.2, 0.25) is 0 Å². The van der Waals surface area contributed by atoms with E-state index < -0.39 is 0 Å². The van der Waals surface area contributed by atoms with Crippen molar-refractivity contribution in [1.82, 2.24) is 10.3 Å². The average Bonchev–Trinajstić information content (AvgIpc) is 2.74. The van der Waals surface area contributed by atoms with Crippen LogP contribution in [0.5, 0.6) is 0 Å². The first-order chi connectivity index (χ1) is 7.75. The molecule has 1 N–H and O–H groups in total. The quantitative estimate of drug-likeness (QED) is 0.882. The molecule has 0 spiro atoms. The standard InChI is InChI=1S/C11H14Br2N2S/c12-8-4-10(13)11(15-5-8)7-14-6-9-2-1-3-16-9/h4-5,9,14H,1-3,6-7H2. The van der Waals surface area contributed by atoms with E-state index in [4.69, 9.17) is 0 Å². The molecule has 0 saturated carbocycles. The summed E-state index contributed by atoms with van der Waals surface area (Å²) in [5, 5.41) is 4.28. The summed E-state index contributed by atoms with van der Waals surface area (Å²) in [4.78, 5) is 4.38. The van der Waals surface area contributed by atoms with Gasteiger partial charge in [0.05, 0.1) is 5.69 Å². The van der Waals surface area contributed by atoms with Crippen LogP contribution in [0.25, 0.3) is 0 Å². The minimum Gasteiger partial charge on any atom is -0.310 e. The molecule has 1 aromatic heterocycles. The van der Waals surface area contributed by atoms with Crippen LogP contribution < -0.4 is 5.32 Å². The molecule has 1 aliphatic rings. The first kappa shape index (κ1) is 12.9. The Morgan fingerprint density at radius 3 is 3.06 bits per heavy atom. The summed E-state index contributed by atoms with van der Waals surface area (Å²) >= 11 is 9.01. The SMILES string of the molecule is Brc1cnc(CNCC2CCCS2)c(Br)c1. The molecule has 1 saturated heterocycles. The lowest BCUT2D eigenvalue weighted by Crippen LogP contribution is -2.23. The van der Waals surface area contributed by atoms with E-state index in [1.165, 1.54) is 18.6 Å². The Hall–Kier alpha value is 0.420. The van der Waals surface area contributed by atoms with Crippen LogP contribution in [0.1, 0.15) is 18.5 Å². The Bertz CT molecular complexity index is 354. The summed E-state index contributed by atoms with van der Waals surface area (Å²) in [5.41, 5.74) is 1.08. The van der Waals surface area contributed by atoms with Crippen LogP contribution in [0.3, 0.4) is 0 Å². The van der Waals surface area contributed by atoms with Gasteiger partial charge < -0.3 is 5.32 Å². The third-order valence-electron chi connectivity index (χ3n) is 2.57. The molecule has 16 heavy (non-hydrogen) atoms. The van der Waals surface area contributed by atoms with Gasteiger partial charge in [-0.1, -0.05) is 0 Å². The second-order valence-corrected chi connectivity index (χ2v) is 7.03. The number of halogens is 2. The van der Waals surface area contributed by atoms with Gasteiger partial charge in [-0.25, -0.2) is 0 Å². The summed E-state index contributed by atoms with van der Waals surface area (Å²) < 4.78 is 2.07. The Kier molecular flexibility index (Phi) is 5.13. The number of aromatic nitrogens is 1. The molecule has 1 atom stereocenters. The van der Waals surface area contributed by atoms with Crippen molar-refractivity contribution in [2.45, 2.75) is 24.6 Å². The highest BCUT2D eigenvalue weighted by Gasteiger charge is 2.14. The molecule has 0 aliphatic carbocycles. The molecule has 0 aromatic carbocycles. The third-order valence-corrected chi connectivity index (χ3v) is 5.09. The second-order valence-electron chi connectivity index (χ2n) is 3.85. The zero-order valence-electron chi connectivity index (χ0n) is 8.88. The van der Waals surface area contributed by atoms with Crippen LogP contribution in [-0.4, -0.2) is 22.5 Å². The predicted octanol–water partition coefficient (Wildman–Crippen LogP) is 3.59. The van der Waals surface area contributed by atoms with Crippen LogP contribution in [0.4, 0.5) is 0 Å². The van der Waals surface area contributed by atoms with E-state index in [2.05, 4.69) is 53.9 Å². The minimum atomic E-state index is 0.800. The fourth-order valence-electron chi connectivity index (χ4n) is 1.73. The van der Waals surface area contributed by atoms with Crippen molar-refractivity contribution in [1.29, 1.82) is 0 Å². The largest absolute Gasteiger partial charge is 0.310 e. The van der Waals surface area contributed by atoms with Crippen molar-refractivity contribution >= 4 is 43.6 Å². The molecule has 1 aliphatic heterocycles. The number of pyridine rings is 1. The zero-order valence-corrected chi connectivity index (χ0v) is 12.9. The highest BCUT2D eigenvalue weighted by atomic mass is 79.9. The number of nitrogens with one attached hydrogen (secondary N) is 1. The topological polar surface area (TPSA) is 24.9 Å². The van der Waals surface area contributed by atoms with E-state index in [-0.39, 0.29) is 0 Å². The number of thioether (sulfide) groups is 1. The summed E-state index contributed by atoms with van der Waals surface area (Å²) in [6.45, 7) is 1.93. The van der Waals surface area contributed by atoms with Gasteiger partial charge in [-0.15, -0.1) is 0 Å². The summed E-state index contributed by atoms with van der Waals surface area (Å²) in [5.74, 6) is 1.33. The third kappa shape index (κ3) is 3.72. The molecule has 1 aromatic rings. The zero-order chi connectivity index (χ0) is 11.4. The van der Waals surface area contributed by atoms with Crippen LogP contribution in [0.15, 0.2) is 21.2 Å². The number of hydrogen-bond acceptors (Lipinski definition) is 3. The normalized spacial score (nSPS) is 20.2. The minimum absolute atomic E-state index is 0.800. The van der Waals surface area contributed by atoms with E-state index in [1.807, 2.05) is 12.3 Å². The Labute approximate surface area is 117 Å². The van der Waals surface area contributed by atoms with Gasteiger partial charge in [-0.05, 0) is 56.5 Å². The number of nitrogens with zero attached hydrogens (tertiary/aromatic N) is 1. The van der Waals surface area contributed by atoms with Crippen LogP contribution >= 0.6 is 43.6 Å². The van der Waals surface area contributed by atoms with Crippen molar-refractivity contribution in [3.05, 3.63) is 26.9 Å². The lowest BCUT2D eigenvalue weighted by molar-refractivity contribution is 0.636. The maximum atomic E-state index is 4.38. The molecule has 0 radical (unpaired) electrons. The Balaban J connectivity index is 1.80. The molecule has 0 amide bonds. The fraction of sp³-hybridized carbons (Fsp3) is 0.545. The summed E-state index contributed by atoms with van der Waals surface area (Å²) in [6.07, 6.45) is 4.57. The lowest BCUT2D eigenvalue weighted by atomic mass is 10.2. The van der Waals surface area contributed by atoms with Gasteiger partial charge in [-0.3, -0.25) is 4.98 Å². The van der Waals surface area contributed by atoms with Gasteiger partial charge >= 0.3 is 0 Å². The molecule has 2 nitrogen and oxygen atoms in total. The summed E-state index contributed by atoms with van der Waals surface area (Å²) in [6, 6.07) is 2.04. The van der Waals surface area contributed by atoms with Crippen molar-refractivity contribution in [3.63, 3.8) is 0 Å². The lowest BCUT2D eigenvalue weighted by Gasteiger charge is -2.10. The van der Waals surface area contributed by atoms with E-state index in [1.54, 1.807) is 0 Å². The Morgan fingerprint density at radius 1 is 1.50 bits per heavy atom. The van der Waals surface area contributed by atoms with E-state index in [0.717, 1.165) is 33.0 Å². The molecule has 2 heterocycles. The summed E-state index contributed by atoms with van der Waals surface area (Å²) in [7, 11) is 0. The highest BCUT2D eigenvalue weighted by molar-refractivity contribution is 9.11. The van der Waals surface area contributed by atoms with Crippen LogP contribution in [-0.2, 0) is 6.54 Å². The molecule has 5 heteroatoms. The van der Waals surface area contributed by atoms with Crippen molar-refractivity contribution in [2.75, 3.05) is 12.3 Å². The highest BCUT2D eigenvalue weighted by Crippen LogP contribution is 2.25.